The van der Waals surface area contributed by atoms with E-state index in [1.54, 1.807) is 0 Å². The smallest absolute Gasteiger partial charge is 0.214 e. The van der Waals surface area contributed by atoms with Crippen LogP contribution in [0.15, 0.2) is 28.4 Å². The van der Waals surface area contributed by atoms with Crippen molar-refractivity contribution in [1.29, 1.82) is 0 Å². The fourth-order valence-electron chi connectivity index (χ4n) is 1.28. The minimum Gasteiger partial charge on any atom is -0.370 e. The molecule has 17 heavy (non-hydrogen) atoms. The third-order valence-corrected chi connectivity index (χ3v) is 2.85. The summed E-state index contributed by atoms with van der Waals surface area (Å²) >= 11 is 1.45. The number of nitrogens with zero attached hydrogens (tertiary/aromatic N) is 3. The largest absolute Gasteiger partial charge is 0.370 e. The van der Waals surface area contributed by atoms with E-state index in [2.05, 4.69) is 32.4 Å². The lowest BCUT2D eigenvalue weighted by atomic mass is 10.4. The van der Waals surface area contributed by atoms with Crippen molar-refractivity contribution in [2.24, 2.45) is 0 Å². The highest BCUT2D eigenvalue weighted by atomic mass is 32.2. The van der Waals surface area contributed by atoms with Crippen LogP contribution in [-0.2, 0) is 0 Å². The number of H-pyrrole nitrogens is 1. The van der Waals surface area contributed by atoms with Gasteiger partial charge in [-0.3, -0.25) is 5.10 Å². The number of aromatic nitrogens is 4. The molecule has 0 spiro atoms. The first-order valence-corrected chi connectivity index (χ1v) is 6.37. The summed E-state index contributed by atoms with van der Waals surface area (Å²) in [6, 6.07) is 5.89. The van der Waals surface area contributed by atoms with E-state index < -0.39 is 0 Å². The Bertz CT molecular complexity index is 482. The average Bonchev–Trinajstić information content (AvgIpc) is 2.73. The maximum Gasteiger partial charge on any atom is 0.214 e. The van der Waals surface area contributed by atoms with Gasteiger partial charge < -0.3 is 5.32 Å². The summed E-state index contributed by atoms with van der Waals surface area (Å²) < 4.78 is 0. The van der Waals surface area contributed by atoms with Crippen molar-refractivity contribution < 1.29 is 0 Å². The molecular weight excluding hydrogens is 234 g/mol. The molecule has 0 aliphatic heterocycles. The van der Waals surface area contributed by atoms with Crippen LogP contribution in [0.2, 0.25) is 0 Å². The molecular formula is C11H15N5S. The quantitative estimate of drug-likeness (QED) is 0.852. The molecule has 0 amide bonds. The maximum atomic E-state index is 4.47. The summed E-state index contributed by atoms with van der Waals surface area (Å²) in [4.78, 5) is 8.71. The zero-order valence-electron chi connectivity index (χ0n) is 9.90. The fraction of sp³-hybridized carbons (Fsp3) is 0.364. The molecule has 0 atom stereocenters. The summed E-state index contributed by atoms with van der Waals surface area (Å²) in [6.45, 7) is 4.94. The van der Waals surface area contributed by atoms with Gasteiger partial charge in [0.05, 0.1) is 0 Å². The second-order valence-electron chi connectivity index (χ2n) is 3.59. The van der Waals surface area contributed by atoms with Gasteiger partial charge in [-0.15, -0.1) is 5.10 Å². The molecule has 0 bridgehead atoms. The molecule has 2 heterocycles. The van der Waals surface area contributed by atoms with Crippen molar-refractivity contribution >= 4 is 17.6 Å². The van der Waals surface area contributed by atoms with Crippen molar-refractivity contribution in [3.8, 4) is 0 Å². The van der Waals surface area contributed by atoms with Crippen LogP contribution < -0.4 is 5.32 Å². The summed E-state index contributed by atoms with van der Waals surface area (Å²) in [7, 11) is 0. The van der Waals surface area contributed by atoms with Crippen LogP contribution in [0.5, 0.6) is 0 Å². The summed E-state index contributed by atoms with van der Waals surface area (Å²) in [6.07, 6.45) is 1.08. The zero-order valence-corrected chi connectivity index (χ0v) is 10.7. The second-order valence-corrected chi connectivity index (χ2v) is 4.58. The lowest BCUT2D eigenvalue weighted by Crippen LogP contribution is -2.01. The summed E-state index contributed by atoms with van der Waals surface area (Å²) in [5.74, 6) is 1.71. The third kappa shape index (κ3) is 3.45. The number of aryl methyl sites for hydroxylation is 1. The van der Waals surface area contributed by atoms with Gasteiger partial charge in [0.15, 0.2) is 0 Å². The first kappa shape index (κ1) is 11.9. The molecule has 2 aromatic rings. The minimum absolute atomic E-state index is 0.697. The molecule has 0 aliphatic carbocycles. The van der Waals surface area contributed by atoms with Gasteiger partial charge >= 0.3 is 0 Å². The summed E-state index contributed by atoms with van der Waals surface area (Å²) in [5.41, 5.74) is 0. The van der Waals surface area contributed by atoms with E-state index in [1.165, 1.54) is 11.8 Å². The molecule has 0 radical (unpaired) electrons. The van der Waals surface area contributed by atoms with Gasteiger partial charge in [-0.1, -0.05) is 13.0 Å². The predicted molar refractivity (Wildman–Crippen MR) is 68.3 cm³/mol. The number of rotatable bonds is 5. The van der Waals surface area contributed by atoms with Crippen molar-refractivity contribution in [2.75, 3.05) is 11.9 Å². The van der Waals surface area contributed by atoms with Gasteiger partial charge in [0, 0.05) is 6.54 Å². The number of pyridine rings is 1. The second kappa shape index (κ2) is 5.67. The lowest BCUT2D eigenvalue weighted by Gasteiger charge is -2.04. The Morgan fingerprint density at radius 1 is 1.35 bits per heavy atom. The van der Waals surface area contributed by atoms with Gasteiger partial charge in [0.2, 0.25) is 5.16 Å². The van der Waals surface area contributed by atoms with E-state index in [4.69, 9.17) is 0 Å². The van der Waals surface area contributed by atoms with Gasteiger partial charge in [0.25, 0.3) is 0 Å². The van der Waals surface area contributed by atoms with Crippen LogP contribution in [0.25, 0.3) is 0 Å². The molecule has 0 aromatic carbocycles. The standard InChI is InChI=1S/C11H15N5S/c1-3-7-12-9-5-4-6-10(14-9)17-11-13-8(2)15-16-11/h4-6H,3,7H2,1-2H3,(H,12,14)(H,13,15,16). The Hall–Kier alpha value is -1.56. The molecule has 0 fully saturated rings. The molecule has 0 saturated carbocycles. The molecule has 2 N–H and O–H groups in total. The first-order chi connectivity index (χ1) is 8.28. The van der Waals surface area contributed by atoms with Gasteiger partial charge in [-0.2, -0.15) is 0 Å². The SMILES string of the molecule is CCCNc1cccc(Sc2n[nH]c(C)n2)n1. The highest BCUT2D eigenvalue weighted by Gasteiger charge is 2.04. The van der Waals surface area contributed by atoms with E-state index in [0.717, 1.165) is 29.6 Å². The number of anilines is 1. The Morgan fingerprint density at radius 3 is 2.94 bits per heavy atom. The van der Waals surface area contributed by atoms with Crippen LogP contribution in [0.1, 0.15) is 19.2 Å². The monoisotopic (exact) mass is 249 g/mol. The Morgan fingerprint density at radius 2 is 2.24 bits per heavy atom. The highest BCUT2D eigenvalue weighted by Crippen LogP contribution is 2.23. The molecule has 2 aromatic heterocycles. The van der Waals surface area contributed by atoms with Crippen LogP contribution in [0.4, 0.5) is 5.82 Å². The van der Waals surface area contributed by atoms with Gasteiger partial charge in [0.1, 0.15) is 16.7 Å². The maximum absolute atomic E-state index is 4.47. The molecule has 90 valence electrons. The van der Waals surface area contributed by atoms with Crippen LogP contribution in [0, 0.1) is 6.92 Å². The zero-order chi connectivity index (χ0) is 12.1. The Kier molecular flexibility index (Phi) is 3.98. The third-order valence-electron chi connectivity index (χ3n) is 2.05. The number of hydrogen-bond acceptors (Lipinski definition) is 5. The van der Waals surface area contributed by atoms with E-state index in [-0.39, 0.29) is 0 Å². The fourth-order valence-corrected chi connectivity index (χ4v) is 2.04. The van der Waals surface area contributed by atoms with E-state index in [0.29, 0.717) is 5.16 Å². The van der Waals surface area contributed by atoms with Crippen molar-refractivity contribution in [2.45, 2.75) is 30.5 Å². The summed E-state index contributed by atoms with van der Waals surface area (Å²) in [5, 5.41) is 11.7. The van der Waals surface area contributed by atoms with Crippen LogP contribution in [0.3, 0.4) is 0 Å². The number of hydrogen-bond donors (Lipinski definition) is 2. The van der Waals surface area contributed by atoms with Crippen molar-refractivity contribution in [3.05, 3.63) is 24.0 Å². The highest BCUT2D eigenvalue weighted by molar-refractivity contribution is 7.99. The van der Waals surface area contributed by atoms with E-state index in [1.807, 2.05) is 25.1 Å². The molecule has 6 heteroatoms. The Labute approximate surface area is 104 Å². The van der Waals surface area contributed by atoms with Gasteiger partial charge in [-0.05, 0) is 37.2 Å². The average molecular weight is 249 g/mol. The molecule has 0 saturated heterocycles. The van der Waals surface area contributed by atoms with Crippen LogP contribution >= 0.6 is 11.8 Å². The van der Waals surface area contributed by atoms with Crippen molar-refractivity contribution in [3.63, 3.8) is 0 Å². The topological polar surface area (TPSA) is 66.5 Å². The molecule has 2 rings (SSSR count). The van der Waals surface area contributed by atoms with E-state index >= 15 is 0 Å². The number of aromatic amines is 1. The normalized spacial score (nSPS) is 10.5. The van der Waals surface area contributed by atoms with Crippen LogP contribution in [-0.4, -0.2) is 26.7 Å². The minimum atomic E-state index is 0.697. The number of nitrogens with one attached hydrogen (secondary N) is 2. The first-order valence-electron chi connectivity index (χ1n) is 5.55. The molecule has 0 unspecified atom stereocenters. The molecule has 0 aliphatic rings. The lowest BCUT2D eigenvalue weighted by molar-refractivity contribution is 0.951. The van der Waals surface area contributed by atoms with Crippen molar-refractivity contribution in [1.82, 2.24) is 20.2 Å². The van der Waals surface area contributed by atoms with Gasteiger partial charge in [-0.25, -0.2) is 9.97 Å². The molecule has 5 nitrogen and oxygen atoms in total. The van der Waals surface area contributed by atoms with E-state index in [9.17, 15) is 0 Å². The predicted octanol–water partition coefficient (Wildman–Crippen LogP) is 2.48. The Balaban J connectivity index is 2.05.